The van der Waals surface area contributed by atoms with E-state index in [2.05, 4.69) is 32.2 Å². The van der Waals surface area contributed by atoms with Gasteiger partial charge in [0.05, 0.1) is 0 Å². The molecular weight excluding hydrogens is 265 g/mol. The monoisotopic (exact) mass is 285 g/mol. The van der Waals surface area contributed by atoms with Crippen LogP contribution in [0.3, 0.4) is 0 Å². The van der Waals surface area contributed by atoms with Gasteiger partial charge in [-0.25, -0.2) is 0 Å². The van der Waals surface area contributed by atoms with Crippen LogP contribution in [0.2, 0.25) is 10.0 Å². The molecule has 1 rings (SSSR count). The van der Waals surface area contributed by atoms with Gasteiger partial charge in [0.25, 0.3) is 0 Å². The van der Waals surface area contributed by atoms with Crippen molar-refractivity contribution >= 4 is 29.3 Å². The lowest BCUT2D eigenvalue weighted by Gasteiger charge is -2.13. The highest BCUT2D eigenvalue weighted by atomic mass is 35.5. The Morgan fingerprint density at radius 1 is 1.28 bits per heavy atom. The Labute approximate surface area is 120 Å². The summed E-state index contributed by atoms with van der Waals surface area (Å²) >= 11 is 12.4. The number of benzene rings is 1. The molecule has 0 aromatic heterocycles. The molecule has 0 radical (unpaired) electrons. The summed E-state index contributed by atoms with van der Waals surface area (Å²) in [5.41, 5.74) is 2.24. The summed E-state index contributed by atoms with van der Waals surface area (Å²) in [5.74, 6) is 0.474. The van der Waals surface area contributed by atoms with Crippen molar-refractivity contribution in [3.63, 3.8) is 0 Å². The highest BCUT2D eigenvalue weighted by Crippen LogP contribution is 2.27. The van der Waals surface area contributed by atoms with Crippen molar-refractivity contribution in [2.75, 3.05) is 13.1 Å². The lowest BCUT2D eigenvalue weighted by Crippen LogP contribution is -2.19. The first-order chi connectivity index (χ1) is 8.56. The zero-order valence-corrected chi connectivity index (χ0v) is 12.8. The first kappa shape index (κ1) is 15.6. The van der Waals surface area contributed by atoms with Gasteiger partial charge in [-0.05, 0) is 31.0 Å². The Morgan fingerprint density at radius 2 is 1.89 bits per heavy atom. The maximum absolute atomic E-state index is 6.19. The maximum atomic E-state index is 6.19. The first-order valence-corrected chi connectivity index (χ1v) is 7.17. The van der Waals surface area contributed by atoms with E-state index < -0.39 is 0 Å². The zero-order valence-electron chi connectivity index (χ0n) is 11.3. The number of halogens is 2. The molecule has 3 heteroatoms. The minimum atomic E-state index is 0.474. The summed E-state index contributed by atoms with van der Waals surface area (Å²) in [6.45, 7) is 8.44. The van der Waals surface area contributed by atoms with E-state index in [9.17, 15) is 0 Å². The van der Waals surface area contributed by atoms with E-state index in [1.807, 2.05) is 18.2 Å². The maximum Gasteiger partial charge on any atom is 0.0493 e. The molecule has 0 spiro atoms. The largest absolute Gasteiger partial charge is 0.313 e. The SMILES string of the molecule is CCCNCC(=Cc1c(Cl)cccc1Cl)C(C)C. The molecule has 0 fully saturated rings. The predicted molar refractivity (Wildman–Crippen MR) is 82.4 cm³/mol. The third kappa shape index (κ3) is 4.64. The summed E-state index contributed by atoms with van der Waals surface area (Å²) in [5, 5.41) is 4.83. The van der Waals surface area contributed by atoms with Gasteiger partial charge in [-0.3, -0.25) is 0 Å². The molecule has 100 valence electrons. The van der Waals surface area contributed by atoms with E-state index in [-0.39, 0.29) is 0 Å². The summed E-state index contributed by atoms with van der Waals surface area (Å²) < 4.78 is 0. The van der Waals surface area contributed by atoms with Gasteiger partial charge in [-0.15, -0.1) is 0 Å². The molecule has 0 unspecified atom stereocenters. The van der Waals surface area contributed by atoms with Crippen molar-refractivity contribution in [3.8, 4) is 0 Å². The molecule has 1 aromatic rings. The minimum absolute atomic E-state index is 0.474. The number of hydrogen-bond donors (Lipinski definition) is 1. The Morgan fingerprint density at radius 3 is 2.39 bits per heavy atom. The molecule has 0 amide bonds. The van der Waals surface area contributed by atoms with Crippen LogP contribution in [-0.2, 0) is 0 Å². The predicted octanol–water partition coefficient (Wildman–Crippen LogP) is 5.03. The van der Waals surface area contributed by atoms with Gasteiger partial charge >= 0.3 is 0 Å². The second kappa shape index (κ2) is 7.83. The smallest absolute Gasteiger partial charge is 0.0493 e. The second-order valence-electron chi connectivity index (χ2n) is 4.69. The molecule has 0 saturated heterocycles. The van der Waals surface area contributed by atoms with Crippen molar-refractivity contribution in [3.05, 3.63) is 39.4 Å². The Balaban J connectivity index is 2.93. The quantitative estimate of drug-likeness (QED) is 0.723. The van der Waals surface area contributed by atoms with E-state index >= 15 is 0 Å². The topological polar surface area (TPSA) is 12.0 Å². The molecule has 0 aliphatic rings. The molecule has 1 N–H and O–H groups in total. The molecule has 0 heterocycles. The van der Waals surface area contributed by atoms with Crippen molar-refractivity contribution in [2.45, 2.75) is 27.2 Å². The number of hydrogen-bond acceptors (Lipinski definition) is 1. The van der Waals surface area contributed by atoms with Crippen molar-refractivity contribution in [2.24, 2.45) is 5.92 Å². The molecule has 0 aliphatic carbocycles. The van der Waals surface area contributed by atoms with E-state index in [4.69, 9.17) is 23.2 Å². The van der Waals surface area contributed by atoms with Gasteiger partial charge in [-0.1, -0.05) is 61.7 Å². The fourth-order valence-electron chi connectivity index (χ4n) is 1.67. The molecule has 0 saturated carbocycles. The van der Waals surface area contributed by atoms with Crippen LogP contribution in [0.1, 0.15) is 32.8 Å². The summed E-state index contributed by atoms with van der Waals surface area (Å²) in [7, 11) is 0. The number of rotatable bonds is 6. The van der Waals surface area contributed by atoms with E-state index in [1.54, 1.807) is 0 Å². The highest BCUT2D eigenvalue weighted by Gasteiger charge is 2.07. The summed E-state index contributed by atoms with van der Waals surface area (Å²) in [6, 6.07) is 5.61. The van der Waals surface area contributed by atoms with Gasteiger partial charge in [0, 0.05) is 22.2 Å². The molecule has 18 heavy (non-hydrogen) atoms. The van der Waals surface area contributed by atoms with Crippen LogP contribution in [-0.4, -0.2) is 13.1 Å². The molecule has 0 atom stereocenters. The van der Waals surface area contributed by atoms with Crippen LogP contribution in [0.4, 0.5) is 0 Å². The van der Waals surface area contributed by atoms with Crippen LogP contribution in [0.5, 0.6) is 0 Å². The van der Waals surface area contributed by atoms with E-state index in [0.717, 1.165) is 25.1 Å². The standard InChI is InChI=1S/C15H21Cl2N/c1-4-8-18-10-12(11(2)3)9-13-14(16)6-5-7-15(13)17/h5-7,9,11,18H,4,8,10H2,1-3H3. The molecule has 0 aliphatic heterocycles. The lowest BCUT2D eigenvalue weighted by molar-refractivity contribution is 0.657. The molecular formula is C15H21Cl2N. The summed E-state index contributed by atoms with van der Waals surface area (Å²) in [4.78, 5) is 0. The third-order valence-corrected chi connectivity index (χ3v) is 3.49. The van der Waals surface area contributed by atoms with Crippen LogP contribution in [0.15, 0.2) is 23.8 Å². The second-order valence-corrected chi connectivity index (χ2v) is 5.50. The molecule has 1 aromatic carbocycles. The normalized spacial score (nSPS) is 12.2. The van der Waals surface area contributed by atoms with E-state index in [1.165, 1.54) is 5.57 Å². The van der Waals surface area contributed by atoms with Crippen LogP contribution in [0.25, 0.3) is 6.08 Å². The van der Waals surface area contributed by atoms with Gasteiger partial charge in [0.1, 0.15) is 0 Å². The third-order valence-electron chi connectivity index (χ3n) is 2.83. The van der Waals surface area contributed by atoms with Crippen molar-refractivity contribution < 1.29 is 0 Å². The van der Waals surface area contributed by atoms with Gasteiger partial charge in [0.2, 0.25) is 0 Å². The molecule has 1 nitrogen and oxygen atoms in total. The van der Waals surface area contributed by atoms with Crippen molar-refractivity contribution in [1.29, 1.82) is 0 Å². The highest BCUT2D eigenvalue weighted by molar-refractivity contribution is 6.37. The lowest BCUT2D eigenvalue weighted by atomic mass is 10.00. The van der Waals surface area contributed by atoms with Crippen LogP contribution >= 0.6 is 23.2 Å². The Kier molecular flexibility index (Phi) is 6.77. The van der Waals surface area contributed by atoms with E-state index in [0.29, 0.717) is 16.0 Å². The zero-order chi connectivity index (χ0) is 13.5. The van der Waals surface area contributed by atoms with Crippen LogP contribution in [0, 0.1) is 5.92 Å². The summed E-state index contributed by atoms with van der Waals surface area (Å²) in [6.07, 6.45) is 3.25. The average molecular weight is 286 g/mol. The first-order valence-electron chi connectivity index (χ1n) is 6.41. The van der Waals surface area contributed by atoms with Gasteiger partial charge in [0.15, 0.2) is 0 Å². The van der Waals surface area contributed by atoms with Gasteiger partial charge < -0.3 is 5.32 Å². The Bertz CT molecular complexity index is 391. The average Bonchev–Trinajstić information content (AvgIpc) is 2.31. The van der Waals surface area contributed by atoms with Crippen LogP contribution < -0.4 is 5.32 Å². The van der Waals surface area contributed by atoms with Crippen molar-refractivity contribution in [1.82, 2.24) is 5.32 Å². The minimum Gasteiger partial charge on any atom is -0.313 e. The Hall–Kier alpha value is -0.500. The fourth-order valence-corrected chi connectivity index (χ4v) is 2.17. The van der Waals surface area contributed by atoms with Gasteiger partial charge in [-0.2, -0.15) is 0 Å². The number of nitrogens with one attached hydrogen (secondary N) is 1. The molecule has 0 bridgehead atoms. The fraction of sp³-hybridized carbons (Fsp3) is 0.467.